The summed E-state index contributed by atoms with van der Waals surface area (Å²) < 4.78 is 12.6. The summed E-state index contributed by atoms with van der Waals surface area (Å²) in [5.74, 6) is -1.41. The van der Waals surface area contributed by atoms with E-state index >= 15 is 0 Å². The average molecular weight is 479 g/mol. The summed E-state index contributed by atoms with van der Waals surface area (Å²) in [6.45, 7) is 8.92. The van der Waals surface area contributed by atoms with E-state index in [1.807, 2.05) is 6.92 Å². The summed E-state index contributed by atoms with van der Waals surface area (Å²) in [4.78, 5) is 37.3. The van der Waals surface area contributed by atoms with Gasteiger partial charge in [-0.15, -0.1) is 11.3 Å². The van der Waals surface area contributed by atoms with Gasteiger partial charge in [0.1, 0.15) is 10.8 Å². The molecule has 0 unspecified atom stereocenters. The Balaban J connectivity index is 1.84. The number of aryl methyl sites for hydroxylation is 1. The van der Waals surface area contributed by atoms with Crippen LogP contribution in [0, 0.1) is 20.8 Å². The third-order valence-corrected chi connectivity index (χ3v) is 6.40. The number of furan rings is 1. The number of ether oxygens (including phenoxy) is 1. The van der Waals surface area contributed by atoms with Crippen molar-refractivity contribution in [3.8, 4) is 0 Å². The van der Waals surface area contributed by atoms with Crippen LogP contribution in [0.5, 0.6) is 0 Å². The molecule has 0 aliphatic rings. The molecule has 0 aliphatic heterocycles. The number of nitrogens with two attached hydrogens (primary N) is 1. The van der Waals surface area contributed by atoms with Gasteiger partial charge >= 0.3 is 5.97 Å². The van der Waals surface area contributed by atoms with Gasteiger partial charge in [-0.1, -0.05) is 11.6 Å². The van der Waals surface area contributed by atoms with Crippen LogP contribution in [0.3, 0.4) is 0 Å². The van der Waals surface area contributed by atoms with Gasteiger partial charge in [-0.25, -0.2) is 4.79 Å². The van der Waals surface area contributed by atoms with E-state index < -0.39 is 17.8 Å². The number of amides is 2. The van der Waals surface area contributed by atoms with E-state index in [4.69, 9.17) is 26.5 Å². The molecule has 3 aromatic rings. The fourth-order valence-electron chi connectivity index (χ4n) is 3.08. The molecule has 0 aliphatic carbocycles. The summed E-state index contributed by atoms with van der Waals surface area (Å²) in [5, 5.41) is 7.71. The van der Waals surface area contributed by atoms with Crippen LogP contribution in [0.1, 0.15) is 67.1 Å². The first-order valence-electron chi connectivity index (χ1n) is 9.73. The number of primary amides is 1. The van der Waals surface area contributed by atoms with Crippen molar-refractivity contribution < 1.29 is 23.5 Å². The zero-order valence-electron chi connectivity index (χ0n) is 18.2. The fraction of sp³-hybridized carbons (Fsp3) is 0.333. The minimum absolute atomic E-state index is 0.0301. The van der Waals surface area contributed by atoms with Crippen molar-refractivity contribution in [2.75, 3.05) is 5.32 Å². The predicted octanol–water partition coefficient (Wildman–Crippen LogP) is 4.08. The van der Waals surface area contributed by atoms with E-state index in [1.54, 1.807) is 38.4 Å². The highest BCUT2D eigenvalue weighted by molar-refractivity contribution is 7.18. The number of rotatable bonds is 7. The number of carbonyl (C=O) groups is 3. The van der Waals surface area contributed by atoms with Gasteiger partial charge in [-0.2, -0.15) is 5.10 Å². The van der Waals surface area contributed by atoms with Crippen LogP contribution in [-0.4, -0.2) is 33.7 Å². The smallest absolute Gasteiger partial charge is 0.341 e. The molecule has 3 heterocycles. The van der Waals surface area contributed by atoms with Crippen molar-refractivity contribution >= 4 is 45.7 Å². The third-order valence-electron chi connectivity index (χ3n) is 4.63. The maximum atomic E-state index is 12.8. The molecular formula is C21H23ClN4O5S. The van der Waals surface area contributed by atoms with Crippen molar-refractivity contribution in [2.45, 2.75) is 47.3 Å². The quantitative estimate of drug-likeness (QED) is 0.492. The molecule has 0 aromatic carbocycles. The zero-order valence-corrected chi connectivity index (χ0v) is 19.8. The Morgan fingerprint density at radius 2 is 1.97 bits per heavy atom. The summed E-state index contributed by atoms with van der Waals surface area (Å²) in [6, 6.07) is 3.17. The third kappa shape index (κ3) is 4.71. The standard InChI is InChI=1S/C21H23ClN4O5S/c1-9(2)30-21(29)15-10(3)17(18(23)27)32-20(15)24-19(28)14-7-6-13(31-14)8-26-12(5)16(22)11(4)25-26/h6-7,9H,8H2,1-5H3,(H2,23,27)(H,24,28). The number of aromatic nitrogens is 2. The van der Waals surface area contributed by atoms with E-state index in [-0.39, 0.29) is 27.3 Å². The Morgan fingerprint density at radius 1 is 1.28 bits per heavy atom. The number of nitrogens with one attached hydrogen (secondary N) is 1. The molecule has 3 aromatic heterocycles. The van der Waals surface area contributed by atoms with Crippen LogP contribution in [0.15, 0.2) is 16.5 Å². The maximum absolute atomic E-state index is 12.8. The van der Waals surface area contributed by atoms with Gasteiger partial charge in [0.25, 0.3) is 11.8 Å². The van der Waals surface area contributed by atoms with Crippen molar-refractivity contribution in [3.05, 3.63) is 56.1 Å². The van der Waals surface area contributed by atoms with Crippen molar-refractivity contribution in [1.29, 1.82) is 0 Å². The molecule has 9 nitrogen and oxygen atoms in total. The molecule has 0 saturated heterocycles. The molecule has 0 saturated carbocycles. The number of halogens is 1. The SMILES string of the molecule is Cc1nn(Cc2ccc(C(=O)Nc3sc(C(N)=O)c(C)c3C(=O)OC(C)C)o2)c(C)c1Cl. The van der Waals surface area contributed by atoms with Gasteiger partial charge in [0.05, 0.1) is 39.5 Å². The van der Waals surface area contributed by atoms with Crippen molar-refractivity contribution in [1.82, 2.24) is 9.78 Å². The molecule has 0 atom stereocenters. The molecular weight excluding hydrogens is 456 g/mol. The van der Waals surface area contributed by atoms with E-state index in [1.165, 1.54) is 6.07 Å². The topological polar surface area (TPSA) is 129 Å². The Hall–Kier alpha value is -3.11. The average Bonchev–Trinajstić information content (AvgIpc) is 3.35. The Bertz CT molecular complexity index is 1210. The second-order valence-corrected chi connectivity index (χ2v) is 8.84. The molecule has 0 radical (unpaired) electrons. The molecule has 3 N–H and O–H groups in total. The lowest BCUT2D eigenvalue weighted by Gasteiger charge is -2.10. The molecule has 2 amide bonds. The lowest BCUT2D eigenvalue weighted by atomic mass is 10.1. The molecule has 32 heavy (non-hydrogen) atoms. The predicted molar refractivity (Wildman–Crippen MR) is 121 cm³/mol. The second kappa shape index (κ2) is 9.17. The van der Waals surface area contributed by atoms with Gasteiger partial charge in [-0.05, 0) is 52.3 Å². The first kappa shape index (κ1) is 23.6. The van der Waals surface area contributed by atoms with Crippen LogP contribution in [0.25, 0.3) is 0 Å². The van der Waals surface area contributed by atoms with Crippen LogP contribution < -0.4 is 11.1 Å². The number of esters is 1. The largest absolute Gasteiger partial charge is 0.459 e. The maximum Gasteiger partial charge on any atom is 0.341 e. The summed E-state index contributed by atoms with van der Waals surface area (Å²) >= 11 is 7.08. The first-order valence-corrected chi connectivity index (χ1v) is 10.9. The molecule has 0 bridgehead atoms. The van der Waals surface area contributed by atoms with Gasteiger partial charge < -0.3 is 20.2 Å². The summed E-state index contributed by atoms with van der Waals surface area (Å²) in [6.07, 6.45) is -0.377. The van der Waals surface area contributed by atoms with Crippen LogP contribution >= 0.6 is 22.9 Å². The minimum Gasteiger partial charge on any atom is -0.459 e. The second-order valence-electron chi connectivity index (χ2n) is 7.44. The van der Waals surface area contributed by atoms with Gasteiger partial charge in [0, 0.05) is 0 Å². The molecule has 3 rings (SSSR count). The molecule has 0 fully saturated rings. The van der Waals surface area contributed by atoms with Crippen molar-refractivity contribution in [3.63, 3.8) is 0 Å². The van der Waals surface area contributed by atoms with Gasteiger partial charge in [0.15, 0.2) is 5.76 Å². The first-order chi connectivity index (χ1) is 15.0. The van der Waals surface area contributed by atoms with E-state index in [0.29, 0.717) is 28.6 Å². The number of hydrogen-bond acceptors (Lipinski definition) is 7. The fourth-order valence-corrected chi connectivity index (χ4v) is 4.26. The van der Waals surface area contributed by atoms with E-state index in [2.05, 4.69) is 10.4 Å². The van der Waals surface area contributed by atoms with E-state index in [9.17, 15) is 14.4 Å². The van der Waals surface area contributed by atoms with Crippen LogP contribution in [0.4, 0.5) is 5.00 Å². The molecule has 0 spiro atoms. The van der Waals surface area contributed by atoms with Crippen LogP contribution in [-0.2, 0) is 11.3 Å². The monoisotopic (exact) mass is 478 g/mol. The highest BCUT2D eigenvalue weighted by Gasteiger charge is 2.27. The van der Waals surface area contributed by atoms with Crippen LogP contribution in [0.2, 0.25) is 5.02 Å². The lowest BCUT2D eigenvalue weighted by Crippen LogP contribution is -2.17. The minimum atomic E-state index is -0.699. The normalized spacial score (nSPS) is 11.1. The zero-order chi connectivity index (χ0) is 23.7. The number of nitrogens with zero attached hydrogens (tertiary/aromatic N) is 2. The Labute approximate surface area is 193 Å². The lowest BCUT2D eigenvalue weighted by molar-refractivity contribution is 0.0379. The van der Waals surface area contributed by atoms with Gasteiger partial charge in [-0.3, -0.25) is 14.3 Å². The van der Waals surface area contributed by atoms with Crippen molar-refractivity contribution in [2.24, 2.45) is 5.73 Å². The number of hydrogen-bond donors (Lipinski definition) is 2. The summed E-state index contributed by atoms with van der Waals surface area (Å²) in [5.41, 5.74) is 7.34. The highest BCUT2D eigenvalue weighted by atomic mass is 35.5. The molecule has 11 heteroatoms. The molecule has 170 valence electrons. The number of thiophene rings is 1. The number of carbonyl (C=O) groups excluding carboxylic acids is 3. The number of anilines is 1. The van der Waals surface area contributed by atoms with Gasteiger partial charge in [0.2, 0.25) is 0 Å². The highest BCUT2D eigenvalue weighted by Crippen LogP contribution is 2.34. The summed E-state index contributed by atoms with van der Waals surface area (Å²) in [7, 11) is 0. The Morgan fingerprint density at radius 3 is 2.53 bits per heavy atom. The Kier molecular flexibility index (Phi) is 6.75. The van der Waals surface area contributed by atoms with E-state index in [0.717, 1.165) is 17.0 Å².